The summed E-state index contributed by atoms with van der Waals surface area (Å²) in [5, 5.41) is 2.75. The Kier molecular flexibility index (Phi) is 9.48. The topological polar surface area (TPSA) is 102 Å². The molecule has 36 heavy (non-hydrogen) atoms. The Balaban J connectivity index is 2.02. The highest BCUT2D eigenvalue weighted by atomic mass is 79.9. The minimum Gasteiger partial charge on any atom is -0.496 e. The second-order valence-electron chi connectivity index (χ2n) is 8.44. The fourth-order valence-electron chi connectivity index (χ4n) is 4.43. The average molecular weight is 585 g/mol. The SMILES string of the molecule is CCCS(=O)(=O)N1C(C(=O)NCc2ccc(F)cc2)CC(C(=O)OCC)C1c1ccc(OC)c(Br)c1. The van der Waals surface area contributed by atoms with Gasteiger partial charge in [-0.15, -0.1) is 0 Å². The van der Waals surface area contributed by atoms with Gasteiger partial charge in [0.1, 0.15) is 17.6 Å². The van der Waals surface area contributed by atoms with Gasteiger partial charge in [-0.1, -0.05) is 25.1 Å². The number of hydrogen-bond donors (Lipinski definition) is 1. The van der Waals surface area contributed by atoms with Crippen molar-refractivity contribution >= 4 is 37.8 Å². The van der Waals surface area contributed by atoms with Crippen LogP contribution in [0.25, 0.3) is 0 Å². The van der Waals surface area contributed by atoms with Gasteiger partial charge in [0.2, 0.25) is 15.9 Å². The van der Waals surface area contributed by atoms with Crippen molar-refractivity contribution in [2.45, 2.75) is 45.3 Å². The number of ether oxygens (including phenoxy) is 2. The number of rotatable bonds is 10. The maximum absolute atomic E-state index is 13.5. The lowest BCUT2D eigenvalue weighted by atomic mass is 9.93. The first-order valence-corrected chi connectivity index (χ1v) is 14.1. The second kappa shape index (κ2) is 12.2. The van der Waals surface area contributed by atoms with Crippen LogP contribution >= 0.6 is 15.9 Å². The molecule has 1 aliphatic heterocycles. The molecule has 196 valence electrons. The van der Waals surface area contributed by atoms with Gasteiger partial charge < -0.3 is 14.8 Å². The normalized spacial score (nSPS) is 20.2. The summed E-state index contributed by atoms with van der Waals surface area (Å²) >= 11 is 3.43. The van der Waals surface area contributed by atoms with Gasteiger partial charge in [0.15, 0.2) is 0 Å². The van der Waals surface area contributed by atoms with Crippen LogP contribution in [-0.2, 0) is 30.9 Å². The Labute approximate surface area is 219 Å². The molecular weight excluding hydrogens is 555 g/mol. The van der Waals surface area contributed by atoms with Gasteiger partial charge in [-0.05, 0) is 71.1 Å². The summed E-state index contributed by atoms with van der Waals surface area (Å²) < 4.78 is 52.5. The highest BCUT2D eigenvalue weighted by Gasteiger charge is 2.53. The van der Waals surface area contributed by atoms with Gasteiger partial charge >= 0.3 is 5.97 Å². The molecule has 3 unspecified atom stereocenters. The maximum atomic E-state index is 13.5. The third kappa shape index (κ3) is 6.24. The molecule has 3 rings (SSSR count). The third-order valence-electron chi connectivity index (χ3n) is 6.01. The molecule has 0 aliphatic carbocycles. The van der Waals surface area contributed by atoms with E-state index in [4.69, 9.17) is 9.47 Å². The van der Waals surface area contributed by atoms with Gasteiger partial charge in [-0.2, -0.15) is 4.31 Å². The molecule has 1 fully saturated rings. The number of carbonyl (C=O) groups is 2. The number of sulfonamides is 1. The number of methoxy groups -OCH3 is 1. The Morgan fingerprint density at radius 1 is 1.17 bits per heavy atom. The molecule has 0 bridgehead atoms. The molecule has 1 aliphatic rings. The fourth-order valence-corrected chi connectivity index (χ4v) is 6.90. The monoisotopic (exact) mass is 584 g/mol. The number of nitrogens with one attached hydrogen (secondary N) is 1. The van der Waals surface area contributed by atoms with Crippen molar-refractivity contribution < 1.29 is 31.9 Å². The minimum absolute atomic E-state index is 0.0364. The average Bonchev–Trinajstić information content (AvgIpc) is 3.26. The standard InChI is InChI=1S/C25H30BrFN2O6S/c1-4-12-36(32,33)29-21(24(30)28-15-16-6-9-18(27)10-7-16)14-19(25(31)35-5-2)23(29)17-8-11-22(34-3)20(26)13-17/h6-11,13,19,21,23H,4-5,12,14-15H2,1-3H3,(H,28,30). The van der Waals surface area contributed by atoms with Crippen molar-refractivity contribution in [1.82, 2.24) is 9.62 Å². The summed E-state index contributed by atoms with van der Waals surface area (Å²) in [6, 6.07) is 8.63. The van der Waals surface area contributed by atoms with Crippen LogP contribution in [0.1, 0.15) is 43.9 Å². The first-order chi connectivity index (χ1) is 17.1. The van der Waals surface area contributed by atoms with E-state index in [1.165, 1.54) is 31.4 Å². The van der Waals surface area contributed by atoms with E-state index in [2.05, 4.69) is 21.2 Å². The van der Waals surface area contributed by atoms with Crippen molar-refractivity contribution in [3.63, 3.8) is 0 Å². The van der Waals surface area contributed by atoms with Crippen LogP contribution < -0.4 is 10.1 Å². The molecule has 0 spiro atoms. The fraction of sp³-hybridized carbons (Fsp3) is 0.440. The minimum atomic E-state index is -3.93. The van der Waals surface area contributed by atoms with Crippen LogP contribution in [0, 0.1) is 11.7 Å². The molecule has 0 radical (unpaired) electrons. The summed E-state index contributed by atoms with van der Waals surface area (Å²) in [6.07, 6.45) is 0.303. The van der Waals surface area contributed by atoms with Crippen molar-refractivity contribution in [2.24, 2.45) is 5.92 Å². The number of benzene rings is 2. The largest absolute Gasteiger partial charge is 0.496 e. The van der Waals surface area contributed by atoms with Crippen LogP contribution in [0.3, 0.4) is 0 Å². The molecule has 8 nitrogen and oxygen atoms in total. The first-order valence-electron chi connectivity index (χ1n) is 11.7. The predicted octanol–water partition coefficient (Wildman–Crippen LogP) is 3.95. The predicted molar refractivity (Wildman–Crippen MR) is 136 cm³/mol. The van der Waals surface area contributed by atoms with Crippen molar-refractivity contribution in [2.75, 3.05) is 19.5 Å². The summed E-state index contributed by atoms with van der Waals surface area (Å²) in [6.45, 7) is 3.61. The number of hydrogen-bond acceptors (Lipinski definition) is 6. The summed E-state index contributed by atoms with van der Waals surface area (Å²) in [7, 11) is -2.42. The molecule has 11 heteroatoms. The zero-order chi connectivity index (χ0) is 26.5. The van der Waals surface area contributed by atoms with Gasteiger partial charge in [0.25, 0.3) is 0 Å². The maximum Gasteiger partial charge on any atom is 0.310 e. The summed E-state index contributed by atoms with van der Waals surface area (Å²) in [5.74, 6) is -2.04. The van der Waals surface area contributed by atoms with Gasteiger partial charge in [-0.3, -0.25) is 9.59 Å². The van der Waals surface area contributed by atoms with E-state index in [0.717, 1.165) is 4.31 Å². The van der Waals surface area contributed by atoms with Crippen LogP contribution in [0.4, 0.5) is 4.39 Å². The van der Waals surface area contributed by atoms with Crippen LogP contribution in [0.2, 0.25) is 0 Å². The number of esters is 1. The lowest BCUT2D eigenvalue weighted by Gasteiger charge is -2.30. The number of nitrogens with zero attached hydrogens (tertiary/aromatic N) is 1. The Bertz CT molecular complexity index is 1190. The zero-order valence-corrected chi connectivity index (χ0v) is 22.8. The number of carbonyl (C=O) groups excluding carboxylic acids is 2. The van der Waals surface area contributed by atoms with Crippen molar-refractivity contribution in [3.8, 4) is 5.75 Å². The molecule has 2 aromatic carbocycles. The van der Waals surface area contributed by atoms with E-state index in [-0.39, 0.29) is 25.3 Å². The van der Waals surface area contributed by atoms with Crippen molar-refractivity contribution in [3.05, 3.63) is 63.9 Å². The van der Waals surface area contributed by atoms with Crippen LogP contribution in [-0.4, -0.2) is 50.1 Å². The molecular formula is C25H30BrFN2O6S. The van der Waals surface area contributed by atoms with Gasteiger partial charge in [0, 0.05) is 6.54 Å². The van der Waals surface area contributed by atoms with E-state index in [1.54, 1.807) is 32.0 Å². The van der Waals surface area contributed by atoms with Gasteiger partial charge in [-0.25, -0.2) is 12.8 Å². The highest BCUT2D eigenvalue weighted by molar-refractivity contribution is 9.10. The highest BCUT2D eigenvalue weighted by Crippen LogP contribution is 2.45. The van der Waals surface area contributed by atoms with E-state index in [9.17, 15) is 22.4 Å². The summed E-state index contributed by atoms with van der Waals surface area (Å²) in [4.78, 5) is 26.3. The third-order valence-corrected chi connectivity index (χ3v) is 8.68. The number of amides is 1. The van der Waals surface area contributed by atoms with Crippen LogP contribution in [0.15, 0.2) is 46.9 Å². The molecule has 1 N–H and O–H groups in total. The van der Waals surface area contributed by atoms with Crippen molar-refractivity contribution in [1.29, 1.82) is 0 Å². The second-order valence-corrected chi connectivity index (χ2v) is 11.3. The first kappa shape index (κ1) is 28.1. The molecule has 3 atom stereocenters. The number of halogens is 2. The molecule has 0 saturated carbocycles. The van der Waals surface area contributed by atoms with E-state index < -0.39 is 45.7 Å². The Morgan fingerprint density at radius 2 is 1.86 bits per heavy atom. The summed E-state index contributed by atoms with van der Waals surface area (Å²) in [5.41, 5.74) is 1.19. The smallest absolute Gasteiger partial charge is 0.310 e. The van der Waals surface area contributed by atoms with Crippen LogP contribution in [0.5, 0.6) is 5.75 Å². The molecule has 1 saturated heterocycles. The van der Waals surface area contributed by atoms with E-state index >= 15 is 0 Å². The zero-order valence-electron chi connectivity index (χ0n) is 20.4. The van der Waals surface area contributed by atoms with E-state index in [1.807, 2.05) is 0 Å². The Hall–Kier alpha value is -2.50. The molecule has 1 heterocycles. The lowest BCUT2D eigenvalue weighted by molar-refractivity contribution is -0.148. The Morgan fingerprint density at radius 3 is 2.44 bits per heavy atom. The molecule has 2 aromatic rings. The molecule has 1 amide bonds. The van der Waals surface area contributed by atoms with Gasteiger partial charge in [0.05, 0.1) is 35.9 Å². The lowest BCUT2D eigenvalue weighted by Crippen LogP contribution is -2.47. The van der Waals surface area contributed by atoms with E-state index in [0.29, 0.717) is 27.8 Å². The quantitative estimate of drug-likeness (QED) is 0.424. The molecule has 0 aromatic heterocycles.